The molecule has 0 spiro atoms. The zero-order chi connectivity index (χ0) is 19.0. The summed E-state index contributed by atoms with van der Waals surface area (Å²) in [6.07, 6.45) is 1.64. The second kappa shape index (κ2) is 9.33. The van der Waals surface area contributed by atoms with Crippen LogP contribution in [0.25, 0.3) is 0 Å². The molecule has 0 unspecified atom stereocenters. The summed E-state index contributed by atoms with van der Waals surface area (Å²) in [7, 11) is 0. The van der Waals surface area contributed by atoms with E-state index in [4.69, 9.17) is 4.74 Å². The summed E-state index contributed by atoms with van der Waals surface area (Å²) in [5.41, 5.74) is 1.25. The fourth-order valence-corrected chi connectivity index (χ4v) is 2.84. The van der Waals surface area contributed by atoms with Gasteiger partial charge in [-0.2, -0.15) is 0 Å². The van der Waals surface area contributed by atoms with Crippen LogP contribution in [-0.2, 0) is 25.5 Å². The quantitative estimate of drug-likeness (QED) is 0.641. The first-order valence-corrected chi connectivity index (χ1v) is 8.81. The molecule has 0 atom stereocenters. The summed E-state index contributed by atoms with van der Waals surface area (Å²) < 4.78 is 5.20. The van der Waals surface area contributed by atoms with Crippen LogP contribution in [0.5, 0.6) is 0 Å². The van der Waals surface area contributed by atoms with Gasteiger partial charge in [0.15, 0.2) is 0 Å². The van der Waals surface area contributed by atoms with Gasteiger partial charge in [0, 0.05) is 26.2 Å². The van der Waals surface area contributed by atoms with Crippen LogP contribution in [0.15, 0.2) is 24.3 Å². The van der Waals surface area contributed by atoms with E-state index in [-0.39, 0.29) is 24.9 Å². The molecule has 1 aliphatic rings. The zero-order valence-corrected chi connectivity index (χ0v) is 15.0. The van der Waals surface area contributed by atoms with Crippen LogP contribution >= 0.6 is 0 Å². The van der Waals surface area contributed by atoms with Crippen LogP contribution < -0.4 is 10.6 Å². The van der Waals surface area contributed by atoms with Gasteiger partial charge in [-0.1, -0.05) is 29.8 Å². The lowest BCUT2D eigenvalue weighted by atomic mass is 9.80. The van der Waals surface area contributed by atoms with Crippen molar-refractivity contribution in [3.8, 4) is 0 Å². The summed E-state index contributed by atoms with van der Waals surface area (Å²) in [6, 6.07) is 7.95. The summed E-state index contributed by atoms with van der Waals surface area (Å²) >= 11 is 0. The molecule has 1 aromatic carbocycles. The highest BCUT2D eigenvalue weighted by atomic mass is 16.5. The molecule has 7 nitrogen and oxygen atoms in total. The standard InChI is InChI=1S/C19H26N2O5/c1-14-2-4-15(5-3-14)6-7-16(22)20-12-17(23)21-13-19(18(24)25)8-10-26-11-9-19/h2-5H,6-13H2,1H3,(H,20,22)(H,21,23)(H,24,25). The van der Waals surface area contributed by atoms with E-state index in [2.05, 4.69) is 10.6 Å². The number of carboxylic acids is 1. The van der Waals surface area contributed by atoms with Gasteiger partial charge in [0.1, 0.15) is 0 Å². The van der Waals surface area contributed by atoms with Gasteiger partial charge in [-0.15, -0.1) is 0 Å². The number of hydrogen-bond donors (Lipinski definition) is 3. The number of aliphatic carboxylic acids is 1. The van der Waals surface area contributed by atoms with Crippen LogP contribution in [0.1, 0.15) is 30.4 Å². The highest BCUT2D eigenvalue weighted by Crippen LogP contribution is 2.29. The van der Waals surface area contributed by atoms with Crippen molar-refractivity contribution < 1.29 is 24.2 Å². The largest absolute Gasteiger partial charge is 0.481 e. The van der Waals surface area contributed by atoms with E-state index in [1.165, 1.54) is 5.56 Å². The molecule has 0 aromatic heterocycles. The van der Waals surface area contributed by atoms with Crippen LogP contribution in [0.3, 0.4) is 0 Å². The molecule has 1 aliphatic heterocycles. The van der Waals surface area contributed by atoms with Gasteiger partial charge in [-0.25, -0.2) is 0 Å². The van der Waals surface area contributed by atoms with Gasteiger partial charge < -0.3 is 20.5 Å². The maximum absolute atomic E-state index is 11.9. The number of ether oxygens (including phenoxy) is 1. The van der Waals surface area contributed by atoms with E-state index in [0.29, 0.717) is 38.9 Å². The first kappa shape index (κ1) is 19.9. The molecule has 1 saturated heterocycles. The molecule has 2 rings (SSSR count). The molecule has 26 heavy (non-hydrogen) atoms. The van der Waals surface area contributed by atoms with Crippen molar-refractivity contribution in [1.29, 1.82) is 0 Å². The number of amides is 2. The van der Waals surface area contributed by atoms with Crippen LogP contribution in [-0.4, -0.2) is 49.2 Å². The third kappa shape index (κ3) is 5.84. The summed E-state index contributed by atoms with van der Waals surface area (Å²) in [6.45, 7) is 2.64. The Labute approximate surface area is 153 Å². The zero-order valence-electron chi connectivity index (χ0n) is 15.0. The van der Waals surface area contributed by atoms with Crippen molar-refractivity contribution in [2.24, 2.45) is 5.41 Å². The predicted octanol–water partition coefficient (Wildman–Crippen LogP) is 1.04. The van der Waals surface area contributed by atoms with Gasteiger partial charge in [0.2, 0.25) is 11.8 Å². The van der Waals surface area contributed by atoms with E-state index in [1.807, 2.05) is 31.2 Å². The molecule has 0 bridgehead atoms. The molecule has 0 aliphatic carbocycles. The fourth-order valence-electron chi connectivity index (χ4n) is 2.84. The number of nitrogens with one attached hydrogen (secondary N) is 2. The topological polar surface area (TPSA) is 105 Å². The van der Waals surface area contributed by atoms with Crippen molar-refractivity contribution in [1.82, 2.24) is 10.6 Å². The maximum Gasteiger partial charge on any atom is 0.311 e. The molecule has 7 heteroatoms. The fraction of sp³-hybridized carbons (Fsp3) is 0.526. The minimum atomic E-state index is -0.983. The van der Waals surface area contributed by atoms with Crippen molar-refractivity contribution >= 4 is 17.8 Å². The van der Waals surface area contributed by atoms with Crippen molar-refractivity contribution in [3.05, 3.63) is 35.4 Å². The van der Waals surface area contributed by atoms with Crippen molar-refractivity contribution in [3.63, 3.8) is 0 Å². The second-order valence-electron chi connectivity index (χ2n) is 6.74. The predicted molar refractivity (Wildman–Crippen MR) is 95.6 cm³/mol. The average molecular weight is 362 g/mol. The van der Waals surface area contributed by atoms with Crippen LogP contribution in [0.4, 0.5) is 0 Å². The van der Waals surface area contributed by atoms with Gasteiger partial charge >= 0.3 is 5.97 Å². The number of aryl methyl sites for hydroxylation is 2. The summed E-state index contributed by atoms with van der Waals surface area (Å²) in [4.78, 5) is 35.3. The smallest absolute Gasteiger partial charge is 0.311 e. The molecular weight excluding hydrogens is 336 g/mol. The third-order valence-corrected chi connectivity index (χ3v) is 4.73. The number of carbonyl (C=O) groups excluding carboxylic acids is 2. The van der Waals surface area contributed by atoms with Crippen LogP contribution in [0, 0.1) is 12.3 Å². The average Bonchev–Trinajstić information content (AvgIpc) is 2.65. The van der Waals surface area contributed by atoms with Crippen LogP contribution in [0.2, 0.25) is 0 Å². The van der Waals surface area contributed by atoms with Gasteiger partial charge in [-0.05, 0) is 31.7 Å². The molecule has 0 radical (unpaired) electrons. The minimum Gasteiger partial charge on any atom is -0.481 e. The molecule has 3 N–H and O–H groups in total. The number of carbonyl (C=O) groups is 3. The molecule has 1 fully saturated rings. The Balaban J connectivity index is 1.69. The lowest BCUT2D eigenvalue weighted by Gasteiger charge is -2.33. The Morgan fingerprint density at radius 2 is 1.73 bits per heavy atom. The Morgan fingerprint density at radius 1 is 1.08 bits per heavy atom. The monoisotopic (exact) mass is 362 g/mol. The Kier molecular flexibility index (Phi) is 7.15. The molecule has 142 valence electrons. The van der Waals surface area contributed by atoms with E-state index in [0.717, 1.165) is 5.56 Å². The number of hydrogen-bond acceptors (Lipinski definition) is 4. The first-order chi connectivity index (χ1) is 12.4. The number of rotatable bonds is 8. The number of carboxylic acid groups (broad SMARTS) is 1. The normalized spacial score (nSPS) is 15.9. The molecule has 0 saturated carbocycles. The molecule has 1 heterocycles. The third-order valence-electron chi connectivity index (χ3n) is 4.73. The molecular formula is C19H26N2O5. The van der Waals surface area contributed by atoms with Crippen molar-refractivity contribution in [2.45, 2.75) is 32.6 Å². The molecule has 2 amide bonds. The highest BCUT2D eigenvalue weighted by Gasteiger charge is 2.40. The maximum atomic E-state index is 11.9. The Hall–Kier alpha value is -2.41. The lowest BCUT2D eigenvalue weighted by Crippen LogP contribution is -2.48. The SMILES string of the molecule is Cc1ccc(CCC(=O)NCC(=O)NCC2(C(=O)O)CCOCC2)cc1. The highest BCUT2D eigenvalue weighted by molar-refractivity contribution is 5.85. The number of benzene rings is 1. The summed E-state index contributed by atoms with van der Waals surface area (Å²) in [5, 5.41) is 14.6. The van der Waals surface area contributed by atoms with Gasteiger partial charge in [0.05, 0.1) is 12.0 Å². The van der Waals surface area contributed by atoms with Gasteiger partial charge in [0.25, 0.3) is 0 Å². The summed E-state index contributed by atoms with van der Waals surface area (Å²) in [5.74, 6) is -1.52. The Morgan fingerprint density at radius 3 is 2.35 bits per heavy atom. The van der Waals surface area contributed by atoms with E-state index >= 15 is 0 Å². The van der Waals surface area contributed by atoms with E-state index in [9.17, 15) is 19.5 Å². The Bertz CT molecular complexity index is 636. The lowest BCUT2D eigenvalue weighted by molar-refractivity contribution is -0.154. The first-order valence-electron chi connectivity index (χ1n) is 8.81. The van der Waals surface area contributed by atoms with Gasteiger partial charge in [-0.3, -0.25) is 14.4 Å². The second-order valence-corrected chi connectivity index (χ2v) is 6.74. The van der Waals surface area contributed by atoms with E-state index < -0.39 is 11.4 Å². The minimum absolute atomic E-state index is 0.0454. The van der Waals surface area contributed by atoms with E-state index in [1.54, 1.807) is 0 Å². The van der Waals surface area contributed by atoms with Crippen molar-refractivity contribution in [2.75, 3.05) is 26.3 Å². The molecule has 1 aromatic rings.